The molecule has 168 valence electrons. The molecule has 0 aromatic rings. The van der Waals surface area contributed by atoms with Crippen molar-refractivity contribution in [1.82, 2.24) is 14.7 Å². The van der Waals surface area contributed by atoms with Gasteiger partial charge < -0.3 is 30.6 Å². The average Bonchev–Trinajstić information content (AvgIpc) is 3.10. The highest BCUT2D eigenvalue weighted by molar-refractivity contribution is 5.76. The summed E-state index contributed by atoms with van der Waals surface area (Å²) in [4.78, 5) is 35.7. The van der Waals surface area contributed by atoms with Crippen molar-refractivity contribution >= 4 is 18.9 Å². The van der Waals surface area contributed by atoms with Crippen molar-refractivity contribution in [3.05, 3.63) is 0 Å². The quantitative estimate of drug-likeness (QED) is 0.546. The van der Waals surface area contributed by atoms with E-state index in [1.807, 2.05) is 0 Å². The summed E-state index contributed by atoms with van der Waals surface area (Å²) < 4.78 is 0. The molecular weight excluding hydrogens is 376 g/mol. The lowest BCUT2D eigenvalue weighted by Crippen LogP contribution is -2.41. The molecule has 1 amide bonds. The van der Waals surface area contributed by atoms with Gasteiger partial charge in [-0.3, -0.25) is 14.4 Å². The number of rotatable bonds is 5. The Hall–Kier alpha value is -1.71. The molecule has 0 radical (unpaired) electrons. The molecule has 3 aliphatic heterocycles. The molecule has 4 N–H and O–H groups in total. The van der Waals surface area contributed by atoms with Crippen LogP contribution in [-0.4, -0.2) is 103 Å². The van der Waals surface area contributed by atoms with Crippen LogP contribution in [0.5, 0.6) is 0 Å². The van der Waals surface area contributed by atoms with Crippen molar-refractivity contribution in [2.45, 2.75) is 32.1 Å². The molecule has 9 nitrogen and oxygen atoms in total. The number of hydrogen-bond acceptors (Lipinski definition) is 6. The first kappa shape index (κ1) is 25.3. The monoisotopic (exact) mass is 414 g/mol. The largest absolute Gasteiger partial charge is 0.483 e. The molecule has 1 unspecified atom stereocenters. The third-order valence-electron chi connectivity index (χ3n) is 6.11. The Morgan fingerprint density at radius 1 is 0.897 bits per heavy atom. The summed E-state index contributed by atoms with van der Waals surface area (Å²) >= 11 is 0. The van der Waals surface area contributed by atoms with E-state index < -0.39 is 0 Å². The molecule has 3 rings (SSSR count). The van der Waals surface area contributed by atoms with Gasteiger partial charge in [0.1, 0.15) is 0 Å². The van der Waals surface area contributed by atoms with Crippen LogP contribution in [0.1, 0.15) is 32.1 Å². The number of hydrogen-bond donors (Lipinski definition) is 3. The van der Waals surface area contributed by atoms with Crippen molar-refractivity contribution < 1.29 is 24.6 Å². The molecule has 3 aliphatic rings. The zero-order chi connectivity index (χ0) is 21.6. The summed E-state index contributed by atoms with van der Waals surface area (Å²) in [5, 5.41) is 13.8. The Balaban J connectivity index is 0.000000626. The highest BCUT2D eigenvalue weighted by Crippen LogP contribution is 2.24. The number of carbonyl (C=O) groups excluding carboxylic acids is 1. The summed E-state index contributed by atoms with van der Waals surface area (Å²) in [6.45, 7) is 9.23. The fourth-order valence-electron chi connectivity index (χ4n) is 4.78. The molecule has 0 aromatic heterocycles. The minimum atomic E-state index is -0.250. The second-order valence-electron chi connectivity index (χ2n) is 8.37. The highest BCUT2D eigenvalue weighted by Gasteiger charge is 2.29. The third kappa shape index (κ3) is 10.0. The van der Waals surface area contributed by atoms with Crippen molar-refractivity contribution in [2.75, 3.05) is 59.4 Å². The molecule has 0 spiro atoms. The van der Waals surface area contributed by atoms with Gasteiger partial charge in [0.2, 0.25) is 5.91 Å². The second-order valence-corrected chi connectivity index (χ2v) is 8.37. The van der Waals surface area contributed by atoms with Crippen LogP contribution in [-0.2, 0) is 14.4 Å². The van der Waals surface area contributed by atoms with Gasteiger partial charge in [0.05, 0.1) is 0 Å². The number of piperidine rings is 2. The molecular formula is C20H38N4O5. The van der Waals surface area contributed by atoms with Gasteiger partial charge in [0.25, 0.3) is 12.9 Å². The van der Waals surface area contributed by atoms with Gasteiger partial charge in [-0.15, -0.1) is 0 Å². The fraction of sp³-hybridized carbons (Fsp3) is 0.850. The molecule has 0 saturated carbocycles. The van der Waals surface area contributed by atoms with Crippen molar-refractivity contribution in [2.24, 2.45) is 23.5 Å². The number of likely N-dealkylation sites (tertiary alicyclic amines) is 3. The Labute approximate surface area is 173 Å². The number of amides is 1. The summed E-state index contributed by atoms with van der Waals surface area (Å²) in [5.74, 6) is 1.71. The average molecular weight is 415 g/mol. The van der Waals surface area contributed by atoms with Gasteiger partial charge in [-0.1, -0.05) is 0 Å². The number of carboxylic acid groups (broad SMARTS) is 2. The molecule has 29 heavy (non-hydrogen) atoms. The van der Waals surface area contributed by atoms with Crippen LogP contribution in [0.15, 0.2) is 0 Å². The first-order valence-electron chi connectivity index (χ1n) is 10.5. The maximum absolute atomic E-state index is 11.3. The lowest BCUT2D eigenvalue weighted by Gasteiger charge is -2.33. The van der Waals surface area contributed by atoms with E-state index in [9.17, 15) is 4.79 Å². The summed E-state index contributed by atoms with van der Waals surface area (Å²) in [5.41, 5.74) is 5.43. The van der Waals surface area contributed by atoms with Gasteiger partial charge >= 0.3 is 0 Å². The van der Waals surface area contributed by atoms with Crippen LogP contribution < -0.4 is 5.73 Å². The molecule has 2 atom stereocenters. The zero-order valence-electron chi connectivity index (χ0n) is 17.6. The van der Waals surface area contributed by atoms with Crippen LogP contribution in [0.2, 0.25) is 0 Å². The lowest BCUT2D eigenvalue weighted by molar-refractivity contribution is -0.124. The van der Waals surface area contributed by atoms with E-state index in [1.54, 1.807) is 0 Å². The van der Waals surface area contributed by atoms with E-state index in [0.717, 1.165) is 37.8 Å². The minimum Gasteiger partial charge on any atom is -0.483 e. The maximum atomic E-state index is 11.3. The third-order valence-corrected chi connectivity index (χ3v) is 6.11. The van der Waals surface area contributed by atoms with E-state index in [1.165, 1.54) is 58.5 Å². The SMILES string of the molecule is CN1CCC[C@H](CN2CCC(CN3CCC(C(N)=O)CC3)C2)C1.O=CO.O=CO. The van der Waals surface area contributed by atoms with Crippen LogP contribution in [0.4, 0.5) is 0 Å². The van der Waals surface area contributed by atoms with Gasteiger partial charge in [-0.05, 0) is 77.2 Å². The van der Waals surface area contributed by atoms with Crippen LogP contribution >= 0.6 is 0 Å². The Morgan fingerprint density at radius 3 is 1.97 bits per heavy atom. The highest BCUT2D eigenvalue weighted by atomic mass is 16.3. The summed E-state index contributed by atoms with van der Waals surface area (Å²) in [7, 11) is 2.26. The number of carbonyl (C=O) groups is 3. The number of nitrogens with zero attached hydrogens (tertiary/aromatic N) is 3. The van der Waals surface area contributed by atoms with E-state index >= 15 is 0 Å². The first-order chi connectivity index (χ1) is 13.9. The Bertz CT molecular complexity index is 479. The van der Waals surface area contributed by atoms with E-state index in [0.29, 0.717) is 0 Å². The van der Waals surface area contributed by atoms with Crippen LogP contribution in [0.25, 0.3) is 0 Å². The molecule has 3 heterocycles. The van der Waals surface area contributed by atoms with Crippen molar-refractivity contribution in [1.29, 1.82) is 0 Å². The van der Waals surface area contributed by atoms with Crippen molar-refractivity contribution in [3.63, 3.8) is 0 Å². The standard InChI is InChI=1S/C18H34N4O.2CH2O2/c1-20-7-2-3-15(11-20)13-22-8-4-16(14-22)12-21-9-5-17(6-10-21)18(19)23;2*2-1-3/h15-17H,2-14H2,1H3,(H2,19,23);2*1H,(H,2,3)/t15-,16?;;/m0../s1. The van der Waals surface area contributed by atoms with Crippen molar-refractivity contribution in [3.8, 4) is 0 Å². The number of nitrogens with two attached hydrogens (primary N) is 1. The molecule has 0 bridgehead atoms. The van der Waals surface area contributed by atoms with E-state index in [4.69, 9.17) is 25.5 Å². The maximum Gasteiger partial charge on any atom is 0.290 e. The Kier molecular flexibility index (Phi) is 12.5. The smallest absolute Gasteiger partial charge is 0.290 e. The Morgan fingerprint density at radius 2 is 1.41 bits per heavy atom. The first-order valence-corrected chi connectivity index (χ1v) is 10.5. The van der Waals surface area contributed by atoms with Gasteiger partial charge in [0, 0.05) is 32.1 Å². The summed E-state index contributed by atoms with van der Waals surface area (Å²) in [6.07, 6.45) is 6.04. The molecule has 0 aliphatic carbocycles. The summed E-state index contributed by atoms with van der Waals surface area (Å²) in [6, 6.07) is 0. The lowest BCUT2D eigenvalue weighted by atomic mass is 9.95. The van der Waals surface area contributed by atoms with Gasteiger partial charge in [0.15, 0.2) is 0 Å². The van der Waals surface area contributed by atoms with E-state index in [2.05, 4.69) is 21.7 Å². The van der Waals surface area contributed by atoms with Gasteiger partial charge in [-0.25, -0.2) is 0 Å². The van der Waals surface area contributed by atoms with E-state index in [-0.39, 0.29) is 24.8 Å². The fourth-order valence-corrected chi connectivity index (χ4v) is 4.78. The topological polar surface area (TPSA) is 127 Å². The number of primary amides is 1. The molecule has 9 heteroatoms. The van der Waals surface area contributed by atoms with Crippen LogP contribution in [0, 0.1) is 17.8 Å². The predicted octanol–water partition coefficient (Wildman–Crippen LogP) is 0.249. The molecule has 0 aromatic carbocycles. The minimum absolute atomic E-state index is 0.103. The molecule has 3 saturated heterocycles. The zero-order valence-corrected chi connectivity index (χ0v) is 17.6. The van der Waals surface area contributed by atoms with Gasteiger partial charge in [-0.2, -0.15) is 0 Å². The molecule has 3 fully saturated rings. The van der Waals surface area contributed by atoms with Crippen LogP contribution in [0.3, 0.4) is 0 Å². The second kappa shape index (κ2) is 14.3. The predicted molar refractivity (Wildman–Crippen MR) is 111 cm³/mol. The normalized spacial score (nSPS) is 26.5.